The maximum atomic E-state index is 12.6. The van der Waals surface area contributed by atoms with Crippen LogP contribution in [0.3, 0.4) is 0 Å². The number of piperidine rings is 1. The van der Waals surface area contributed by atoms with Crippen molar-refractivity contribution in [3.05, 3.63) is 52.8 Å². The van der Waals surface area contributed by atoms with Crippen LogP contribution < -0.4 is 4.72 Å². The second-order valence-electron chi connectivity index (χ2n) is 6.47. The Morgan fingerprint density at radius 2 is 2.00 bits per heavy atom. The van der Waals surface area contributed by atoms with Gasteiger partial charge in [-0.1, -0.05) is 29.8 Å². The zero-order chi connectivity index (χ0) is 18.7. The van der Waals surface area contributed by atoms with Crippen LogP contribution in [0.25, 0.3) is 0 Å². The Morgan fingerprint density at radius 1 is 1.31 bits per heavy atom. The van der Waals surface area contributed by atoms with Crippen LogP contribution in [0.15, 0.2) is 36.7 Å². The summed E-state index contributed by atoms with van der Waals surface area (Å²) in [5.41, 5.74) is 1.45. The summed E-state index contributed by atoms with van der Waals surface area (Å²) in [5, 5.41) is 4.91. The number of benzene rings is 1. The van der Waals surface area contributed by atoms with Gasteiger partial charge in [0.2, 0.25) is 10.0 Å². The number of carbonyl (C=O) groups excluding carboxylic acids is 1. The third kappa shape index (κ3) is 4.84. The molecule has 7 nitrogen and oxygen atoms in total. The second-order valence-corrected chi connectivity index (χ2v) is 8.66. The van der Waals surface area contributed by atoms with Crippen LogP contribution in [0, 0.1) is 0 Å². The summed E-state index contributed by atoms with van der Waals surface area (Å²) >= 11 is 6.16. The number of nitrogens with one attached hydrogen (secondary N) is 1. The molecule has 3 rings (SSSR count). The molecule has 0 spiro atoms. The van der Waals surface area contributed by atoms with E-state index >= 15 is 0 Å². The number of halogens is 1. The molecule has 0 aliphatic carbocycles. The van der Waals surface area contributed by atoms with Crippen molar-refractivity contribution in [2.24, 2.45) is 0 Å². The van der Waals surface area contributed by atoms with Gasteiger partial charge in [-0.15, -0.1) is 0 Å². The molecule has 0 bridgehead atoms. The van der Waals surface area contributed by atoms with Gasteiger partial charge < -0.3 is 4.90 Å². The highest BCUT2D eigenvalue weighted by atomic mass is 35.5. The number of likely N-dealkylation sites (tertiary alicyclic amines) is 1. The zero-order valence-corrected chi connectivity index (χ0v) is 16.0. The minimum absolute atomic E-state index is 0.0896. The van der Waals surface area contributed by atoms with Gasteiger partial charge in [0.25, 0.3) is 5.91 Å². The highest BCUT2D eigenvalue weighted by molar-refractivity contribution is 7.88. The summed E-state index contributed by atoms with van der Waals surface area (Å²) in [4.78, 5) is 14.4. The Bertz CT molecular complexity index is 889. The van der Waals surface area contributed by atoms with E-state index in [2.05, 4.69) is 9.82 Å². The van der Waals surface area contributed by atoms with E-state index < -0.39 is 10.0 Å². The van der Waals surface area contributed by atoms with E-state index in [1.807, 2.05) is 24.3 Å². The first kappa shape index (κ1) is 18.9. The molecule has 0 saturated carbocycles. The highest BCUT2D eigenvalue weighted by Gasteiger charge is 2.25. The van der Waals surface area contributed by atoms with Gasteiger partial charge in [-0.3, -0.25) is 9.48 Å². The second kappa shape index (κ2) is 7.77. The third-order valence-electron chi connectivity index (χ3n) is 4.33. The summed E-state index contributed by atoms with van der Waals surface area (Å²) in [6.07, 6.45) is 5.63. The van der Waals surface area contributed by atoms with Crippen LogP contribution in [0.4, 0.5) is 0 Å². The van der Waals surface area contributed by atoms with Crippen LogP contribution >= 0.6 is 11.6 Å². The number of carbonyl (C=O) groups is 1. The van der Waals surface area contributed by atoms with Crippen molar-refractivity contribution in [2.75, 3.05) is 19.3 Å². The Balaban J connectivity index is 1.60. The van der Waals surface area contributed by atoms with E-state index in [1.54, 1.807) is 22.0 Å². The maximum Gasteiger partial charge on any atom is 0.257 e. The van der Waals surface area contributed by atoms with E-state index in [9.17, 15) is 13.2 Å². The van der Waals surface area contributed by atoms with Crippen molar-refractivity contribution in [2.45, 2.75) is 25.4 Å². The maximum absolute atomic E-state index is 12.6. The number of aromatic nitrogens is 2. The smallest absolute Gasteiger partial charge is 0.257 e. The summed E-state index contributed by atoms with van der Waals surface area (Å²) < 4.78 is 26.9. The number of rotatable bonds is 5. The SMILES string of the molecule is CS(=O)(=O)NC1CCN(C(=O)c2cnn(Cc3ccccc3Cl)c2)CC1. The van der Waals surface area contributed by atoms with Gasteiger partial charge in [-0.05, 0) is 24.5 Å². The van der Waals surface area contributed by atoms with E-state index in [0.717, 1.165) is 11.8 Å². The standard InChI is InChI=1S/C17H21ClN4O3S/c1-26(24,25)20-15-6-8-21(9-7-15)17(23)14-10-19-22(12-14)11-13-4-2-3-5-16(13)18/h2-5,10,12,15,20H,6-9,11H2,1H3. The summed E-state index contributed by atoms with van der Waals surface area (Å²) in [7, 11) is -3.22. The molecule has 1 fully saturated rings. The quantitative estimate of drug-likeness (QED) is 0.834. The van der Waals surface area contributed by atoms with E-state index in [-0.39, 0.29) is 11.9 Å². The number of nitrogens with zero attached hydrogens (tertiary/aromatic N) is 3. The molecule has 1 aromatic carbocycles. The first-order valence-corrected chi connectivity index (χ1v) is 10.6. The fourth-order valence-corrected chi connectivity index (χ4v) is 4.08. The molecule has 0 atom stereocenters. The van der Waals surface area contributed by atoms with Gasteiger partial charge in [0.1, 0.15) is 0 Å². The van der Waals surface area contributed by atoms with Crippen LogP contribution in [0.5, 0.6) is 0 Å². The molecule has 1 amide bonds. The summed E-state index contributed by atoms with van der Waals surface area (Å²) in [6.45, 7) is 1.52. The Hall–Kier alpha value is -1.90. The molecular formula is C17H21ClN4O3S. The number of sulfonamides is 1. The first-order valence-electron chi connectivity index (χ1n) is 8.34. The lowest BCUT2D eigenvalue weighted by Crippen LogP contribution is -2.46. The van der Waals surface area contributed by atoms with Gasteiger partial charge in [-0.2, -0.15) is 5.10 Å². The van der Waals surface area contributed by atoms with E-state index in [4.69, 9.17) is 11.6 Å². The molecule has 1 aliphatic heterocycles. The van der Waals surface area contributed by atoms with Gasteiger partial charge in [-0.25, -0.2) is 13.1 Å². The molecule has 0 radical (unpaired) electrons. The van der Waals surface area contributed by atoms with Crippen molar-refractivity contribution < 1.29 is 13.2 Å². The van der Waals surface area contributed by atoms with E-state index in [1.165, 1.54) is 0 Å². The topological polar surface area (TPSA) is 84.3 Å². The molecule has 2 aromatic rings. The summed E-state index contributed by atoms with van der Waals surface area (Å²) in [6, 6.07) is 7.40. The van der Waals surface area contributed by atoms with Crippen molar-refractivity contribution >= 4 is 27.5 Å². The predicted molar refractivity (Wildman–Crippen MR) is 99.7 cm³/mol. The largest absolute Gasteiger partial charge is 0.338 e. The Labute approximate surface area is 158 Å². The first-order chi connectivity index (χ1) is 12.3. The molecule has 2 heterocycles. The average Bonchev–Trinajstić information content (AvgIpc) is 3.04. The lowest BCUT2D eigenvalue weighted by molar-refractivity contribution is 0.0711. The molecule has 1 saturated heterocycles. The van der Waals surface area contributed by atoms with Crippen molar-refractivity contribution in [1.29, 1.82) is 0 Å². The van der Waals surface area contributed by atoms with Crippen LogP contribution in [-0.4, -0.2) is 54.4 Å². The van der Waals surface area contributed by atoms with Gasteiger partial charge in [0.15, 0.2) is 0 Å². The fraction of sp³-hybridized carbons (Fsp3) is 0.412. The predicted octanol–water partition coefficient (Wildman–Crippen LogP) is 1.74. The lowest BCUT2D eigenvalue weighted by atomic mass is 10.1. The van der Waals surface area contributed by atoms with Crippen LogP contribution in [-0.2, 0) is 16.6 Å². The molecular weight excluding hydrogens is 376 g/mol. The number of hydrogen-bond acceptors (Lipinski definition) is 4. The minimum atomic E-state index is -3.22. The van der Waals surface area contributed by atoms with Crippen molar-refractivity contribution in [3.63, 3.8) is 0 Å². The molecule has 9 heteroatoms. The van der Waals surface area contributed by atoms with Crippen molar-refractivity contribution in [3.8, 4) is 0 Å². The monoisotopic (exact) mass is 396 g/mol. The van der Waals surface area contributed by atoms with Crippen molar-refractivity contribution in [1.82, 2.24) is 19.4 Å². The van der Waals surface area contributed by atoms with E-state index in [0.29, 0.717) is 43.1 Å². The fourth-order valence-electron chi connectivity index (χ4n) is 3.05. The Kier molecular flexibility index (Phi) is 5.64. The molecule has 1 aliphatic rings. The Morgan fingerprint density at radius 3 is 2.65 bits per heavy atom. The zero-order valence-electron chi connectivity index (χ0n) is 14.4. The normalized spacial score (nSPS) is 16.0. The minimum Gasteiger partial charge on any atom is -0.338 e. The van der Waals surface area contributed by atoms with Crippen LogP contribution in [0.2, 0.25) is 5.02 Å². The summed E-state index contributed by atoms with van der Waals surface area (Å²) in [5.74, 6) is -0.0896. The number of amides is 1. The average molecular weight is 397 g/mol. The number of hydrogen-bond donors (Lipinski definition) is 1. The van der Waals surface area contributed by atoms with Crippen LogP contribution in [0.1, 0.15) is 28.8 Å². The third-order valence-corrected chi connectivity index (χ3v) is 5.46. The lowest BCUT2D eigenvalue weighted by Gasteiger charge is -2.31. The van der Waals surface area contributed by atoms with Gasteiger partial charge in [0, 0.05) is 30.4 Å². The molecule has 1 N–H and O–H groups in total. The van der Waals surface area contributed by atoms with Gasteiger partial charge in [0.05, 0.1) is 24.6 Å². The molecule has 140 valence electrons. The molecule has 1 aromatic heterocycles. The molecule has 0 unspecified atom stereocenters. The molecule has 26 heavy (non-hydrogen) atoms. The highest BCUT2D eigenvalue weighted by Crippen LogP contribution is 2.17. The van der Waals surface area contributed by atoms with Gasteiger partial charge >= 0.3 is 0 Å².